The molecule has 1 aromatic rings. The highest BCUT2D eigenvalue weighted by molar-refractivity contribution is 6.04. The van der Waals surface area contributed by atoms with Gasteiger partial charge >= 0.3 is 0 Å². The lowest BCUT2D eigenvalue weighted by molar-refractivity contribution is -0.170. The number of hydrogen-bond donors (Lipinski definition) is 3. The Labute approximate surface area is 194 Å². The second kappa shape index (κ2) is 9.27. The molecule has 33 heavy (non-hydrogen) atoms. The van der Waals surface area contributed by atoms with Crippen LogP contribution in [-0.2, 0) is 9.53 Å². The van der Waals surface area contributed by atoms with Crippen molar-refractivity contribution in [3.05, 3.63) is 53.5 Å². The van der Waals surface area contributed by atoms with Gasteiger partial charge in [-0.15, -0.1) is 0 Å². The van der Waals surface area contributed by atoms with Crippen molar-refractivity contribution in [3.8, 4) is 0 Å². The molecule has 1 atom stereocenters. The Bertz CT molecular complexity index is 1010. The number of amides is 2. The molecule has 0 aromatic heterocycles. The predicted octanol–water partition coefficient (Wildman–Crippen LogP) is 1.09. The molecule has 3 heterocycles. The van der Waals surface area contributed by atoms with E-state index in [0.717, 1.165) is 36.3 Å². The Hall–Kier alpha value is -3.33. The van der Waals surface area contributed by atoms with Gasteiger partial charge in [0.05, 0.1) is 24.3 Å². The number of nitrogens with two attached hydrogens (primary N) is 2. The normalized spacial score (nSPS) is 23.5. The molecule has 9 heteroatoms. The van der Waals surface area contributed by atoms with Crippen molar-refractivity contribution < 1.29 is 14.3 Å². The van der Waals surface area contributed by atoms with Crippen LogP contribution in [0.25, 0.3) is 5.70 Å². The Kier molecular flexibility index (Phi) is 6.42. The first-order valence-corrected chi connectivity index (χ1v) is 11.3. The van der Waals surface area contributed by atoms with Gasteiger partial charge in [0.1, 0.15) is 11.5 Å². The Morgan fingerprint density at radius 3 is 2.55 bits per heavy atom. The van der Waals surface area contributed by atoms with Crippen molar-refractivity contribution in [3.63, 3.8) is 0 Å². The molecule has 0 aliphatic carbocycles. The molecule has 9 nitrogen and oxygen atoms in total. The van der Waals surface area contributed by atoms with Crippen molar-refractivity contribution in [2.75, 3.05) is 39.9 Å². The van der Waals surface area contributed by atoms with Crippen molar-refractivity contribution in [2.45, 2.75) is 19.8 Å². The van der Waals surface area contributed by atoms with Crippen LogP contribution in [0.3, 0.4) is 0 Å². The fraction of sp³-hybridized carbons (Fsp3) is 0.458. The van der Waals surface area contributed by atoms with Gasteiger partial charge in [0, 0.05) is 44.6 Å². The molecular formula is C24H32N6O3. The number of amidine groups is 1. The molecule has 0 unspecified atom stereocenters. The van der Waals surface area contributed by atoms with Crippen LogP contribution in [0.2, 0.25) is 0 Å². The molecule has 3 aliphatic rings. The van der Waals surface area contributed by atoms with Gasteiger partial charge in [0.25, 0.3) is 0 Å². The van der Waals surface area contributed by atoms with Crippen LogP contribution in [-0.4, -0.2) is 67.3 Å². The highest BCUT2D eigenvalue weighted by atomic mass is 16.5. The molecule has 0 bridgehead atoms. The minimum absolute atomic E-state index is 0.190. The van der Waals surface area contributed by atoms with E-state index in [4.69, 9.17) is 16.2 Å². The lowest BCUT2D eigenvalue weighted by Crippen LogP contribution is -2.56. The summed E-state index contributed by atoms with van der Waals surface area (Å²) >= 11 is 0. The first-order chi connectivity index (χ1) is 15.8. The molecule has 2 fully saturated rings. The van der Waals surface area contributed by atoms with E-state index in [1.165, 1.54) is 0 Å². The van der Waals surface area contributed by atoms with E-state index in [-0.39, 0.29) is 11.3 Å². The summed E-state index contributed by atoms with van der Waals surface area (Å²) in [5.41, 5.74) is 14.2. The van der Waals surface area contributed by atoms with Gasteiger partial charge < -0.3 is 31.3 Å². The van der Waals surface area contributed by atoms with Gasteiger partial charge in [0.15, 0.2) is 0 Å². The number of piperidine rings is 1. The van der Waals surface area contributed by atoms with Crippen LogP contribution >= 0.6 is 0 Å². The SMILES string of the molecule is CN/C(=C1/C(N)=NC=CN1C[C@@H]1CCCN(C(=O)C2(C)COC2)C1)c1ccc(C(N)=O)cc1. The molecule has 0 radical (unpaired) electrons. The number of nitrogens with one attached hydrogen (secondary N) is 1. The number of primary amides is 1. The van der Waals surface area contributed by atoms with Crippen molar-refractivity contribution >= 4 is 23.3 Å². The van der Waals surface area contributed by atoms with Crippen LogP contribution in [0.5, 0.6) is 0 Å². The second-order valence-corrected chi connectivity index (χ2v) is 9.19. The molecule has 2 amide bonds. The van der Waals surface area contributed by atoms with Crippen molar-refractivity contribution in [2.24, 2.45) is 27.8 Å². The minimum Gasteiger partial charge on any atom is -0.386 e. The number of likely N-dealkylation sites (tertiary alicyclic amines) is 1. The van der Waals surface area contributed by atoms with Crippen LogP contribution in [0.15, 0.2) is 47.4 Å². The zero-order valence-electron chi connectivity index (χ0n) is 19.2. The van der Waals surface area contributed by atoms with E-state index < -0.39 is 5.91 Å². The van der Waals surface area contributed by atoms with Gasteiger partial charge in [-0.2, -0.15) is 0 Å². The average molecular weight is 453 g/mol. The molecule has 5 N–H and O–H groups in total. The Morgan fingerprint density at radius 1 is 1.24 bits per heavy atom. The number of carbonyl (C=O) groups excluding carboxylic acids is 2. The van der Waals surface area contributed by atoms with E-state index in [1.807, 2.05) is 37.2 Å². The molecular weight excluding hydrogens is 420 g/mol. The summed E-state index contributed by atoms with van der Waals surface area (Å²) in [7, 11) is 1.83. The zero-order valence-corrected chi connectivity index (χ0v) is 19.2. The largest absolute Gasteiger partial charge is 0.386 e. The third-order valence-corrected chi connectivity index (χ3v) is 6.55. The maximum atomic E-state index is 13.0. The fourth-order valence-electron chi connectivity index (χ4n) is 4.69. The molecule has 4 rings (SSSR count). The maximum Gasteiger partial charge on any atom is 0.248 e. The number of benzene rings is 1. The van der Waals surface area contributed by atoms with Crippen LogP contribution in [0.1, 0.15) is 35.7 Å². The molecule has 0 spiro atoms. The fourth-order valence-corrected chi connectivity index (χ4v) is 4.69. The zero-order chi connectivity index (χ0) is 23.6. The molecule has 3 aliphatic heterocycles. The minimum atomic E-state index is -0.470. The van der Waals surface area contributed by atoms with Gasteiger partial charge in [-0.1, -0.05) is 12.1 Å². The lowest BCUT2D eigenvalue weighted by Gasteiger charge is -2.43. The van der Waals surface area contributed by atoms with E-state index in [2.05, 4.69) is 15.2 Å². The number of hydrogen-bond acceptors (Lipinski definition) is 7. The second-order valence-electron chi connectivity index (χ2n) is 9.19. The Morgan fingerprint density at radius 2 is 1.94 bits per heavy atom. The van der Waals surface area contributed by atoms with E-state index >= 15 is 0 Å². The summed E-state index contributed by atoms with van der Waals surface area (Å²) in [6.07, 6.45) is 5.62. The Balaban J connectivity index is 1.55. The number of ether oxygens (including phenoxy) is 1. The quantitative estimate of drug-likeness (QED) is 0.593. The number of aliphatic imine (C=N–C) groups is 1. The smallest absolute Gasteiger partial charge is 0.248 e. The average Bonchev–Trinajstić information content (AvgIpc) is 2.79. The van der Waals surface area contributed by atoms with Crippen molar-refractivity contribution in [1.82, 2.24) is 15.1 Å². The lowest BCUT2D eigenvalue weighted by atomic mass is 9.85. The van der Waals surface area contributed by atoms with E-state index in [0.29, 0.717) is 43.6 Å². The van der Waals surface area contributed by atoms with Gasteiger partial charge in [-0.25, -0.2) is 4.99 Å². The van der Waals surface area contributed by atoms with Crippen LogP contribution in [0.4, 0.5) is 0 Å². The summed E-state index contributed by atoms with van der Waals surface area (Å²) in [5, 5.41) is 3.25. The summed E-state index contributed by atoms with van der Waals surface area (Å²) in [4.78, 5) is 32.8. The summed E-state index contributed by atoms with van der Waals surface area (Å²) in [5.74, 6) is 0.425. The molecule has 0 saturated carbocycles. The van der Waals surface area contributed by atoms with Crippen molar-refractivity contribution in [1.29, 1.82) is 0 Å². The number of carbonyl (C=O) groups is 2. The predicted molar refractivity (Wildman–Crippen MR) is 127 cm³/mol. The maximum absolute atomic E-state index is 13.0. The highest BCUT2D eigenvalue weighted by Crippen LogP contribution is 2.32. The topological polar surface area (TPSA) is 126 Å². The first kappa shape index (κ1) is 22.8. The summed E-state index contributed by atoms with van der Waals surface area (Å²) in [6.45, 7) is 5.20. The van der Waals surface area contributed by atoms with Crippen LogP contribution < -0.4 is 16.8 Å². The standard InChI is InChI=1S/C24H32N6O3/c1-24(14-33-15-24)23(32)30-10-3-4-16(13-30)12-29-11-9-28-21(25)20(29)19(27-2)17-5-7-18(8-6-17)22(26)31/h5-9,11,16,27H,3-4,10,12-15H2,1-2H3,(H2,25,28)(H2,26,31)/b20-19-/t16-/m0/s1. The van der Waals surface area contributed by atoms with Crippen LogP contribution in [0, 0.1) is 11.3 Å². The third kappa shape index (κ3) is 4.59. The molecule has 2 saturated heterocycles. The van der Waals surface area contributed by atoms with Gasteiger partial charge in [-0.05, 0) is 43.4 Å². The first-order valence-electron chi connectivity index (χ1n) is 11.3. The third-order valence-electron chi connectivity index (χ3n) is 6.55. The summed E-state index contributed by atoms with van der Waals surface area (Å²) < 4.78 is 5.29. The van der Waals surface area contributed by atoms with Gasteiger partial charge in [0.2, 0.25) is 11.8 Å². The highest BCUT2D eigenvalue weighted by Gasteiger charge is 2.44. The van der Waals surface area contributed by atoms with E-state index in [1.54, 1.807) is 18.3 Å². The number of nitrogens with zero attached hydrogens (tertiary/aromatic N) is 3. The monoisotopic (exact) mass is 452 g/mol. The molecule has 176 valence electrons. The summed E-state index contributed by atoms with van der Waals surface area (Å²) in [6, 6.07) is 7.07. The number of rotatable bonds is 6. The molecule has 1 aromatic carbocycles. The van der Waals surface area contributed by atoms with Gasteiger partial charge in [-0.3, -0.25) is 9.59 Å². The van der Waals surface area contributed by atoms with E-state index in [9.17, 15) is 9.59 Å².